The summed E-state index contributed by atoms with van der Waals surface area (Å²) >= 11 is 0. The highest BCUT2D eigenvalue weighted by molar-refractivity contribution is 5.94. The monoisotopic (exact) mass is 273 g/mol. The van der Waals surface area contributed by atoms with Crippen molar-refractivity contribution in [3.63, 3.8) is 0 Å². The molecule has 0 saturated carbocycles. The first-order chi connectivity index (χ1) is 8.86. The lowest BCUT2D eigenvalue weighted by Gasteiger charge is -2.09. The van der Waals surface area contributed by atoms with Crippen LogP contribution in [0.2, 0.25) is 0 Å². The molecule has 1 aliphatic rings. The molecule has 0 fully saturated rings. The molecule has 0 aromatic heterocycles. The highest BCUT2D eigenvalue weighted by atomic mass is 19.4. The molecule has 1 N–H and O–H groups in total. The Kier molecular flexibility index (Phi) is 3.46. The van der Waals surface area contributed by atoms with Gasteiger partial charge in [0.2, 0.25) is 0 Å². The minimum absolute atomic E-state index is 0.0948. The third kappa shape index (κ3) is 3.24. The van der Waals surface area contributed by atoms with Gasteiger partial charge in [-0.25, -0.2) is 4.99 Å². The maximum Gasteiger partial charge on any atom is 0.416 e. The van der Waals surface area contributed by atoms with E-state index in [1.165, 1.54) is 12.1 Å². The van der Waals surface area contributed by atoms with Gasteiger partial charge in [0.05, 0.1) is 5.56 Å². The van der Waals surface area contributed by atoms with Crippen LogP contribution in [0.5, 0.6) is 0 Å². The van der Waals surface area contributed by atoms with Crippen LogP contribution >= 0.6 is 0 Å². The first-order valence-electron chi connectivity index (χ1n) is 5.44. The summed E-state index contributed by atoms with van der Waals surface area (Å²) in [4.78, 5) is 14.5. The van der Waals surface area contributed by atoms with Crippen molar-refractivity contribution in [2.75, 3.05) is 6.61 Å². The highest BCUT2D eigenvalue weighted by Gasteiger charge is 2.30. The van der Waals surface area contributed by atoms with Crippen LogP contribution < -0.4 is 0 Å². The van der Waals surface area contributed by atoms with Crippen molar-refractivity contribution >= 4 is 11.9 Å². The summed E-state index contributed by atoms with van der Waals surface area (Å²) in [6.45, 7) is 0.147. The maximum absolute atomic E-state index is 12.4. The molecule has 0 bridgehead atoms. The second-order valence-corrected chi connectivity index (χ2v) is 4.04. The minimum atomic E-state index is -4.37. The normalized spacial score (nSPS) is 18.9. The van der Waals surface area contributed by atoms with Gasteiger partial charge in [-0.2, -0.15) is 13.2 Å². The predicted molar refractivity (Wildman–Crippen MR) is 59.8 cm³/mol. The Morgan fingerprint density at radius 2 is 2.00 bits per heavy atom. The lowest BCUT2D eigenvalue weighted by Crippen LogP contribution is -2.06. The number of alkyl halides is 3. The van der Waals surface area contributed by atoms with Crippen molar-refractivity contribution in [2.24, 2.45) is 4.99 Å². The molecular formula is C12H10F3NO3. The SMILES string of the molecule is O=C(O)CC1=NC(c2ccc(C(F)(F)F)cc2)CO1. The zero-order valence-corrected chi connectivity index (χ0v) is 9.65. The number of hydrogen-bond donors (Lipinski definition) is 1. The van der Waals surface area contributed by atoms with E-state index in [1.807, 2.05) is 0 Å². The molecule has 1 heterocycles. The number of benzene rings is 1. The Hall–Kier alpha value is -2.05. The number of rotatable bonds is 3. The van der Waals surface area contributed by atoms with E-state index in [9.17, 15) is 18.0 Å². The van der Waals surface area contributed by atoms with E-state index in [1.54, 1.807) is 0 Å². The summed E-state index contributed by atoms with van der Waals surface area (Å²) < 4.78 is 42.2. The van der Waals surface area contributed by atoms with Crippen molar-refractivity contribution < 1.29 is 27.8 Å². The van der Waals surface area contributed by atoms with Crippen LogP contribution in [0.3, 0.4) is 0 Å². The molecular weight excluding hydrogens is 263 g/mol. The van der Waals surface area contributed by atoms with E-state index in [0.29, 0.717) is 5.56 Å². The number of aliphatic carboxylic acids is 1. The van der Waals surface area contributed by atoms with Crippen molar-refractivity contribution in [3.8, 4) is 0 Å². The number of carbonyl (C=O) groups is 1. The van der Waals surface area contributed by atoms with E-state index in [2.05, 4.69) is 4.99 Å². The molecule has 4 nitrogen and oxygen atoms in total. The molecule has 0 saturated heterocycles. The molecule has 1 atom stereocenters. The van der Waals surface area contributed by atoms with Gasteiger partial charge in [0.25, 0.3) is 0 Å². The van der Waals surface area contributed by atoms with Gasteiger partial charge in [-0.3, -0.25) is 4.79 Å². The van der Waals surface area contributed by atoms with E-state index in [4.69, 9.17) is 9.84 Å². The zero-order valence-electron chi connectivity index (χ0n) is 9.65. The number of hydrogen-bond acceptors (Lipinski definition) is 3. The van der Waals surface area contributed by atoms with Crippen LogP contribution in [0.15, 0.2) is 29.3 Å². The van der Waals surface area contributed by atoms with Crippen molar-refractivity contribution in [3.05, 3.63) is 35.4 Å². The zero-order chi connectivity index (χ0) is 14.0. The van der Waals surface area contributed by atoms with Crippen LogP contribution in [0.25, 0.3) is 0 Å². The van der Waals surface area contributed by atoms with Crippen LogP contribution in [-0.4, -0.2) is 23.6 Å². The molecule has 19 heavy (non-hydrogen) atoms. The molecule has 1 aromatic rings. The molecule has 0 amide bonds. The Balaban J connectivity index is 2.12. The smallest absolute Gasteiger partial charge is 0.416 e. The number of aliphatic imine (C=N–C) groups is 1. The van der Waals surface area contributed by atoms with E-state index in [-0.39, 0.29) is 18.9 Å². The fourth-order valence-electron chi connectivity index (χ4n) is 1.71. The molecule has 0 spiro atoms. The molecule has 7 heteroatoms. The lowest BCUT2D eigenvalue weighted by molar-refractivity contribution is -0.138. The number of carboxylic acids is 1. The van der Waals surface area contributed by atoms with Crippen molar-refractivity contribution in [2.45, 2.75) is 18.6 Å². The quantitative estimate of drug-likeness (QED) is 0.921. The molecule has 1 aliphatic heterocycles. The molecule has 2 rings (SSSR count). The minimum Gasteiger partial charge on any atom is -0.481 e. The second-order valence-electron chi connectivity index (χ2n) is 4.04. The summed E-state index contributed by atoms with van der Waals surface area (Å²) in [5, 5.41) is 8.57. The van der Waals surface area contributed by atoms with Crippen molar-refractivity contribution in [1.29, 1.82) is 0 Å². The van der Waals surface area contributed by atoms with Crippen molar-refractivity contribution in [1.82, 2.24) is 0 Å². The third-order valence-corrected chi connectivity index (χ3v) is 2.63. The van der Waals surface area contributed by atoms with Gasteiger partial charge in [0.15, 0.2) is 5.90 Å². The molecule has 102 valence electrons. The van der Waals surface area contributed by atoms with Gasteiger partial charge in [-0.1, -0.05) is 12.1 Å². The fourth-order valence-corrected chi connectivity index (χ4v) is 1.71. The van der Waals surface area contributed by atoms with Gasteiger partial charge < -0.3 is 9.84 Å². The highest BCUT2D eigenvalue weighted by Crippen LogP contribution is 2.31. The summed E-state index contributed by atoms with van der Waals surface area (Å²) in [6, 6.07) is 4.14. The average molecular weight is 273 g/mol. The van der Waals surface area contributed by atoms with Gasteiger partial charge in [0.1, 0.15) is 19.1 Å². The molecule has 1 unspecified atom stereocenters. The molecule has 0 radical (unpaired) electrons. The third-order valence-electron chi connectivity index (χ3n) is 2.63. The van der Waals surface area contributed by atoms with Gasteiger partial charge in [-0.05, 0) is 17.7 Å². The summed E-state index contributed by atoms with van der Waals surface area (Å²) in [6.07, 6.45) is -4.69. The largest absolute Gasteiger partial charge is 0.481 e. The first kappa shape index (κ1) is 13.4. The van der Waals surface area contributed by atoms with Gasteiger partial charge in [-0.15, -0.1) is 0 Å². The standard InChI is InChI=1S/C12H10F3NO3/c13-12(14,15)8-3-1-7(2-4-8)9-6-19-10(16-9)5-11(17)18/h1-4,9H,5-6H2,(H,17,18). The predicted octanol–water partition coefficient (Wildman–Crippen LogP) is 2.65. The Bertz CT molecular complexity index is 508. The Labute approximate surface area is 106 Å². The van der Waals surface area contributed by atoms with Gasteiger partial charge >= 0.3 is 12.1 Å². The summed E-state index contributed by atoms with van der Waals surface area (Å²) in [7, 11) is 0. The fraction of sp³-hybridized carbons (Fsp3) is 0.333. The first-order valence-corrected chi connectivity index (χ1v) is 5.44. The number of nitrogens with zero attached hydrogens (tertiary/aromatic N) is 1. The van der Waals surface area contributed by atoms with Crippen LogP contribution in [-0.2, 0) is 15.7 Å². The second kappa shape index (κ2) is 4.91. The van der Waals surface area contributed by atoms with E-state index < -0.39 is 23.8 Å². The molecule has 0 aliphatic carbocycles. The van der Waals surface area contributed by atoms with Crippen LogP contribution in [0.4, 0.5) is 13.2 Å². The van der Waals surface area contributed by atoms with E-state index in [0.717, 1.165) is 12.1 Å². The number of ether oxygens (including phenoxy) is 1. The Morgan fingerprint density at radius 1 is 1.37 bits per heavy atom. The van der Waals surface area contributed by atoms with Gasteiger partial charge in [0, 0.05) is 0 Å². The number of carboxylic acid groups (broad SMARTS) is 1. The number of halogens is 3. The Morgan fingerprint density at radius 3 is 2.53 bits per heavy atom. The van der Waals surface area contributed by atoms with Crippen LogP contribution in [0.1, 0.15) is 23.6 Å². The van der Waals surface area contributed by atoms with E-state index >= 15 is 0 Å². The average Bonchev–Trinajstić information content (AvgIpc) is 2.75. The maximum atomic E-state index is 12.4. The summed E-state index contributed by atoms with van der Waals surface area (Å²) in [5.41, 5.74) is -0.168. The lowest BCUT2D eigenvalue weighted by atomic mass is 10.1. The topological polar surface area (TPSA) is 58.9 Å². The molecule has 1 aromatic carbocycles. The van der Waals surface area contributed by atoms with Crippen LogP contribution in [0, 0.1) is 0 Å². The summed E-state index contributed by atoms with van der Waals surface area (Å²) in [5.74, 6) is -0.968.